The summed E-state index contributed by atoms with van der Waals surface area (Å²) < 4.78 is 2.42. The number of anilines is 5. The molecular formula is C56H39N3. The SMILES string of the molecule is C1=C(N(c2ccc(-c3ccccc3)cc2)c2ccc3c(c2)c2ccccc2n3-c2ccc3ccccc3c2)c2cccc3c2C(C1)c1ccccc1N3c1ccccc1. The highest BCUT2D eigenvalue weighted by Gasteiger charge is 2.37. The van der Waals surface area contributed by atoms with Crippen LogP contribution in [-0.4, -0.2) is 4.57 Å². The minimum atomic E-state index is 0.255. The summed E-state index contributed by atoms with van der Waals surface area (Å²) in [6, 6.07) is 77.7. The van der Waals surface area contributed by atoms with Gasteiger partial charge >= 0.3 is 0 Å². The zero-order valence-corrected chi connectivity index (χ0v) is 32.4. The molecule has 278 valence electrons. The molecule has 59 heavy (non-hydrogen) atoms. The van der Waals surface area contributed by atoms with E-state index in [9.17, 15) is 0 Å². The molecule has 1 atom stereocenters. The molecule has 0 N–H and O–H groups in total. The number of hydrogen-bond donors (Lipinski definition) is 0. The van der Waals surface area contributed by atoms with Crippen molar-refractivity contribution in [3.05, 3.63) is 235 Å². The average molecular weight is 754 g/mol. The first kappa shape index (κ1) is 33.5. The lowest BCUT2D eigenvalue weighted by Crippen LogP contribution is -2.27. The minimum Gasteiger partial charge on any atom is -0.310 e. The van der Waals surface area contributed by atoms with Gasteiger partial charge in [-0.2, -0.15) is 0 Å². The van der Waals surface area contributed by atoms with Crippen LogP contribution in [0.15, 0.2) is 218 Å². The number of allylic oxidation sites excluding steroid dienone is 1. The maximum atomic E-state index is 2.50. The van der Waals surface area contributed by atoms with Crippen LogP contribution in [0.25, 0.3) is 55.1 Å². The summed E-state index contributed by atoms with van der Waals surface area (Å²) in [4.78, 5) is 4.95. The van der Waals surface area contributed by atoms with Crippen LogP contribution in [0, 0.1) is 0 Å². The van der Waals surface area contributed by atoms with Crippen molar-refractivity contribution in [2.45, 2.75) is 12.3 Å². The van der Waals surface area contributed by atoms with Gasteiger partial charge in [-0.25, -0.2) is 0 Å². The molecule has 1 unspecified atom stereocenters. The first-order valence-corrected chi connectivity index (χ1v) is 20.5. The van der Waals surface area contributed by atoms with Crippen LogP contribution in [0.4, 0.5) is 28.4 Å². The van der Waals surface area contributed by atoms with Crippen molar-refractivity contribution in [3.63, 3.8) is 0 Å². The van der Waals surface area contributed by atoms with E-state index in [1.54, 1.807) is 0 Å². The average Bonchev–Trinajstić information content (AvgIpc) is 3.64. The van der Waals surface area contributed by atoms with Crippen molar-refractivity contribution in [3.8, 4) is 16.8 Å². The molecule has 0 radical (unpaired) electrons. The molecule has 0 saturated heterocycles. The molecule has 0 amide bonds. The van der Waals surface area contributed by atoms with E-state index < -0.39 is 0 Å². The van der Waals surface area contributed by atoms with Gasteiger partial charge in [0.2, 0.25) is 0 Å². The molecule has 1 aromatic heterocycles. The highest BCUT2D eigenvalue weighted by molar-refractivity contribution is 6.11. The smallest absolute Gasteiger partial charge is 0.0542 e. The quantitative estimate of drug-likeness (QED) is 0.168. The second-order valence-electron chi connectivity index (χ2n) is 15.7. The van der Waals surface area contributed by atoms with Crippen molar-refractivity contribution >= 4 is 66.7 Å². The third kappa shape index (κ3) is 5.36. The Kier molecular flexibility index (Phi) is 7.67. The fraction of sp³-hybridized carbons (Fsp3) is 0.0357. The maximum Gasteiger partial charge on any atom is 0.0542 e. The Morgan fingerprint density at radius 1 is 0.441 bits per heavy atom. The van der Waals surface area contributed by atoms with E-state index in [4.69, 9.17) is 0 Å². The third-order valence-corrected chi connectivity index (χ3v) is 12.4. The summed E-state index contributed by atoms with van der Waals surface area (Å²) in [6.07, 6.45) is 3.39. The van der Waals surface area contributed by atoms with E-state index in [0.29, 0.717) is 0 Å². The zero-order valence-electron chi connectivity index (χ0n) is 32.4. The Labute approximate surface area is 344 Å². The second-order valence-corrected chi connectivity index (χ2v) is 15.7. The molecule has 0 spiro atoms. The minimum absolute atomic E-state index is 0.255. The largest absolute Gasteiger partial charge is 0.310 e. The number of nitrogens with zero attached hydrogens (tertiary/aromatic N) is 3. The van der Waals surface area contributed by atoms with Gasteiger partial charge in [0.1, 0.15) is 0 Å². The van der Waals surface area contributed by atoms with Crippen molar-refractivity contribution < 1.29 is 0 Å². The first-order chi connectivity index (χ1) is 29.3. The van der Waals surface area contributed by atoms with Gasteiger partial charge < -0.3 is 14.4 Å². The molecule has 10 aromatic rings. The van der Waals surface area contributed by atoms with Crippen LogP contribution in [0.3, 0.4) is 0 Å². The molecule has 3 heteroatoms. The van der Waals surface area contributed by atoms with E-state index in [2.05, 4.69) is 233 Å². The maximum absolute atomic E-state index is 2.50. The molecule has 1 aliphatic carbocycles. The number of fused-ring (bicyclic) bond motifs is 6. The number of benzene rings is 9. The van der Waals surface area contributed by atoms with E-state index in [1.807, 2.05) is 0 Å². The molecular weight excluding hydrogens is 715 g/mol. The lowest BCUT2D eigenvalue weighted by molar-refractivity contribution is 0.795. The van der Waals surface area contributed by atoms with Crippen LogP contribution in [-0.2, 0) is 0 Å². The molecule has 0 saturated carbocycles. The highest BCUT2D eigenvalue weighted by atomic mass is 15.2. The third-order valence-electron chi connectivity index (χ3n) is 12.4. The number of rotatable bonds is 6. The fourth-order valence-electron chi connectivity index (χ4n) is 9.81. The number of aromatic nitrogens is 1. The van der Waals surface area contributed by atoms with E-state index >= 15 is 0 Å². The van der Waals surface area contributed by atoms with Crippen LogP contribution in [0.1, 0.15) is 29.0 Å². The molecule has 2 aliphatic rings. The van der Waals surface area contributed by atoms with Gasteiger partial charge in [0.25, 0.3) is 0 Å². The highest BCUT2D eigenvalue weighted by Crippen LogP contribution is 2.55. The van der Waals surface area contributed by atoms with Crippen LogP contribution < -0.4 is 9.80 Å². The lowest BCUT2D eigenvalue weighted by atomic mass is 9.76. The lowest BCUT2D eigenvalue weighted by Gasteiger charge is -2.42. The Morgan fingerprint density at radius 3 is 1.98 bits per heavy atom. The van der Waals surface area contributed by atoms with Gasteiger partial charge in [0.05, 0.1) is 16.7 Å². The van der Waals surface area contributed by atoms with Gasteiger partial charge in [-0.05, 0) is 112 Å². The van der Waals surface area contributed by atoms with Crippen molar-refractivity contribution in [2.75, 3.05) is 9.80 Å². The molecule has 2 heterocycles. The van der Waals surface area contributed by atoms with E-state index in [1.165, 1.54) is 83.2 Å². The van der Waals surface area contributed by atoms with Gasteiger partial charge in [-0.15, -0.1) is 0 Å². The standard InChI is InChI=1S/C56H39N3/c1-3-14-38(15-4-1)40-26-29-43(30-27-40)57(45-32-34-54-50(37-45)47-21-10-12-24-52(47)59(54)44-31-28-39-16-7-8-17-41(39)36-44)53-35-33-48-46-20-9-11-23-51(46)58(42-18-5-2-6-19-42)55-25-13-22-49(53)56(48)55/h1-32,34-37,48H,33H2. The molecule has 0 fully saturated rings. The fourth-order valence-corrected chi connectivity index (χ4v) is 9.81. The van der Waals surface area contributed by atoms with E-state index in [0.717, 1.165) is 23.5 Å². The molecule has 3 nitrogen and oxygen atoms in total. The second kappa shape index (κ2) is 13.5. The van der Waals surface area contributed by atoms with Gasteiger partial charge in [-0.3, -0.25) is 0 Å². The monoisotopic (exact) mass is 753 g/mol. The van der Waals surface area contributed by atoms with Crippen LogP contribution in [0.2, 0.25) is 0 Å². The Hall–Kier alpha value is -7.62. The number of para-hydroxylation sites is 3. The Bertz CT molecular complexity index is 3250. The summed E-state index contributed by atoms with van der Waals surface area (Å²) >= 11 is 0. The summed E-state index contributed by atoms with van der Waals surface area (Å²) in [7, 11) is 0. The van der Waals surface area contributed by atoms with Crippen molar-refractivity contribution in [1.29, 1.82) is 0 Å². The van der Waals surface area contributed by atoms with Gasteiger partial charge in [0, 0.05) is 56.4 Å². The van der Waals surface area contributed by atoms with E-state index in [-0.39, 0.29) is 5.92 Å². The molecule has 9 aromatic carbocycles. The summed E-state index contributed by atoms with van der Waals surface area (Å²) in [5, 5.41) is 4.95. The zero-order chi connectivity index (χ0) is 38.9. The topological polar surface area (TPSA) is 11.4 Å². The van der Waals surface area contributed by atoms with Crippen molar-refractivity contribution in [2.24, 2.45) is 0 Å². The summed E-state index contributed by atoms with van der Waals surface area (Å²) in [6.45, 7) is 0. The normalized spacial score (nSPS) is 14.3. The summed E-state index contributed by atoms with van der Waals surface area (Å²) in [5.41, 5.74) is 17.1. The Morgan fingerprint density at radius 2 is 1.12 bits per heavy atom. The Balaban J connectivity index is 1.06. The molecule has 1 aliphatic heterocycles. The first-order valence-electron chi connectivity index (χ1n) is 20.5. The van der Waals surface area contributed by atoms with Gasteiger partial charge in [0.15, 0.2) is 0 Å². The van der Waals surface area contributed by atoms with Crippen molar-refractivity contribution in [1.82, 2.24) is 4.57 Å². The molecule has 12 rings (SSSR count). The summed E-state index contributed by atoms with van der Waals surface area (Å²) in [5.74, 6) is 0.255. The predicted octanol–water partition coefficient (Wildman–Crippen LogP) is 15.1. The van der Waals surface area contributed by atoms with Crippen LogP contribution in [0.5, 0.6) is 0 Å². The predicted molar refractivity (Wildman–Crippen MR) is 248 cm³/mol. The van der Waals surface area contributed by atoms with Gasteiger partial charge in [-0.1, -0.05) is 146 Å². The number of hydrogen-bond acceptors (Lipinski definition) is 2. The molecule has 0 bridgehead atoms. The van der Waals surface area contributed by atoms with Crippen LogP contribution >= 0.6 is 0 Å².